The standard InChI is InChI=1S/C62H112O6/c1-4-7-10-13-16-19-22-25-27-28-29-30-31-32-33-34-35-38-40-43-46-49-52-55-61(64)67-58-59(57-66-60(63)54-51-48-45-42-39-36-24-21-18-15-12-9-6-3)68-62(65)56-53-50-47-44-41-37-26-23-20-17-14-11-8-5-2/h14,17,22-23,25-26,28-29,59H,4-13,15-16,18-21,24,27,30-58H2,1-3H3/b17-14-,25-22-,26-23-,29-28-. The molecule has 0 aromatic heterocycles. The van der Waals surface area contributed by atoms with Crippen LogP contribution in [0, 0.1) is 0 Å². The van der Waals surface area contributed by atoms with Gasteiger partial charge in [0.05, 0.1) is 0 Å². The van der Waals surface area contributed by atoms with Crippen molar-refractivity contribution in [1.82, 2.24) is 0 Å². The van der Waals surface area contributed by atoms with Crippen molar-refractivity contribution in [1.29, 1.82) is 0 Å². The Kier molecular flexibility index (Phi) is 54.8. The Hall–Kier alpha value is -2.63. The largest absolute Gasteiger partial charge is 0.462 e. The van der Waals surface area contributed by atoms with Gasteiger partial charge in [-0.3, -0.25) is 14.4 Å². The van der Waals surface area contributed by atoms with E-state index in [9.17, 15) is 14.4 Å². The van der Waals surface area contributed by atoms with E-state index in [1.165, 1.54) is 180 Å². The van der Waals surface area contributed by atoms with Gasteiger partial charge in [0.15, 0.2) is 6.10 Å². The van der Waals surface area contributed by atoms with Gasteiger partial charge in [0.25, 0.3) is 0 Å². The van der Waals surface area contributed by atoms with E-state index in [1.807, 2.05) is 0 Å². The van der Waals surface area contributed by atoms with Crippen molar-refractivity contribution in [3.8, 4) is 0 Å². The molecule has 6 nitrogen and oxygen atoms in total. The molecule has 0 aliphatic rings. The third-order valence-electron chi connectivity index (χ3n) is 13.1. The van der Waals surface area contributed by atoms with E-state index in [1.54, 1.807) is 0 Å². The first kappa shape index (κ1) is 65.4. The molecule has 0 spiro atoms. The van der Waals surface area contributed by atoms with Crippen molar-refractivity contribution in [2.24, 2.45) is 0 Å². The molecular formula is C62H112O6. The summed E-state index contributed by atoms with van der Waals surface area (Å²) in [5, 5.41) is 0. The lowest BCUT2D eigenvalue weighted by atomic mass is 10.0. The van der Waals surface area contributed by atoms with Crippen LogP contribution in [0.1, 0.15) is 310 Å². The number of ether oxygens (including phenoxy) is 3. The predicted octanol–water partition coefficient (Wildman–Crippen LogP) is 19.8. The maximum Gasteiger partial charge on any atom is 0.306 e. The lowest BCUT2D eigenvalue weighted by Crippen LogP contribution is -2.30. The molecule has 0 aliphatic heterocycles. The summed E-state index contributed by atoms with van der Waals surface area (Å²) in [7, 11) is 0. The number of hydrogen-bond acceptors (Lipinski definition) is 6. The molecule has 0 saturated carbocycles. The third-order valence-corrected chi connectivity index (χ3v) is 13.1. The van der Waals surface area contributed by atoms with Gasteiger partial charge in [0.2, 0.25) is 0 Å². The maximum absolute atomic E-state index is 12.8. The average Bonchev–Trinajstić information content (AvgIpc) is 3.34. The lowest BCUT2D eigenvalue weighted by Gasteiger charge is -2.18. The van der Waals surface area contributed by atoms with Crippen molar-refractivity contribution in [3.05, 3.63) is 48.6 Å². The van der Waals surface area contributed by atoms with Crippen LogP contribution in [-0.4, -0.2) is 37.2 Å². The number of esters is 3. The maximum atomic E-state index is 12.8. The first-order valence-corrected chi connectivity index (χ1v) is 29.6. The van der Waals surface area contributed by atoms with Gasteiger partial charge in [-0.25, -0.2) is 0 Å². The summed E-state index contributed by atoms with van der Waals surface area (Å²) >= 11 is 0. The highest BCUT2D eigenvalue weighted by Gasteiger charge is 2.19. The number of unbranched alkanes of at least 4 members (excludes halogenated alkanes) is 35. The van der Waals surface area contributed by atoms with Crippen molar-refractivity contribution in [2.75, 3.05) is 13.2 Å². The van der Waals surface area contributed by atoms with Crippen molar-refractivity contribution in [3.63, 3.8) is 0 Å². The van der Waals surface area contributed by atoms with Crippen molar-refractivity contribution >= 4 is 17.9 Å². The molecule has 0 radical (unpaired) electrons. The minimum Gasteiger partial charge on any atom is -0.462 e. The molecule has 0 aliphatic carbocycles. The molecular weight excluding hydrogens is 841 g/mol. The zero-order valence-corrected chi connectivity index (χ0v) is 45.4. The van der Waals surface area contributed by atoms with Crippen LogP contribution in [0.15, 0.2) is 48.6 Å². The highest BCUT2D eigenvalue weighted by atomic mass is 16.6. The fourth-order valence-electron chi connectivity index (χ4n) is 8.55. The van der Waals surface area contributed by atoms with Crippen LogP contribution >= 0.6 is 0 Å². The van der Waals surface area contributed by atoms with Crippen LogP contribution in [0.5, 0.6) is 0 Å². The first-order valence-electron chi connectivity index (χ1n) is 29.6. The highest BCUT2D eigenvalue weighted by molar-refractivity contribution is 5.71. The van der Waals surface area contributed by atoms with Gasteiger partial charge in [-0.2, -0.15) is 0 Å². The smallest absolute Gasteiger partial charge is 0.306 e. The second kappa shape index (κ2) is 57.0. The molecule has 1 atom stereocenters. The molecule has 0 fully saturated rings. The minimum atomic E-state index is -0.779. The Morgan fingerprint density at radius 3 is 0.853 bits per heavy atom. The average molecular weight is 954 g/mol. The normalized spacial score (nSPS) is 12.3. The lowest BCUT2D eigenvalue weighted by molar-refractivity contribution is -0.167. The summed E-state index contributed by atoms with van der Waals surface area (Å²) < 4.78 is 16.9. The SMILES string of the molecule is CCCC/C=C\C/C=C\CCCCCCCC(=O)OC(COC(=O)CCCCCCCCCCCCC/C=C\C/C=C\CCCCCCC)COC(=O)CCCCCCCCCCCCCCC. The molecule has 0 rings (SSSR count). The Morgan fingerprint density at radius 2 is 0.544 bits per heavy atom. The number of carbonyl (C=O) groups is 3. The van der Waals surface area contributed by atoms with E-state index >= 15 is 0 Å². The fourth-order valence-corrected chi connectivity index (χ4v) is 8.55. The number of carbonyl (C=O) groups excluding carboxylic acids is 3. The van der Waals surface area contributed by atoms with E-state index in [0.717, 1.165) is 89.9 Å². The Bertz CT molecular complexity index is 1190. The molecule has 0 aromatic rings. The number of rotatable bonds is 54. The van der Waals surface area contributed by atoms with E-state index in [0.29, 0.717) is 19.3 Å². The van der Waals surface area contributed by atoms with E-state index in [4.69, 9.17) is 14.2 Å². The highest BCUT2D eigenvalue weighted by Crippen LogP contribution is 2.16. The molecule has 0 bridgehead atoms. The summed E-state index contributed by atoms with van der Waals surface area (Å²) in [5.41, 5.74) is 0. The quantitative estimate of drug-likeness (QED) is 0.0262. The zero-order chi connectivity index (χ0) is 49.3. The summed E-state index contributed by atoms with van der Waals surface area (Å²) in [4.78, 5) is 38.1. The van der Waals surface area contributed by atoms with Gasteiger partial charge in [-0.05, 0) is 77.0 Å². The van der Waals surface area contributed by atoms with Crippen LogP contribution in [0.4, 0.5) is 0 Å². The van der Waals surface area contributed by atoms with Crippen LogP contribution in [0.2, 0.25) is 0 Å². The zero-order valence-electron chi connectivity index (χ0n) is 45.4. The van der Waals surface area contributed by atoms with Crippen molar-refractivity contribution < 1.29 is 28.6 Å². The van der Waals surface area contributed by atoms with Crippen molar-refractivity contribution in [2.45, 2.75) is 316 Å². The molecule has 1 unspecified atom stereocenters. The number of hydrogen-bond donors (Lipinski definition) is 0. The molecule has 6 heteroatoms. The predicted molar refractivity (Wildman–Crippen MR) is 293 cm³/mol. The molecule has 0 aromatic carbocycles. The summed E-state index contributed by atoms with van der Waals surface area (Å²) in [6.07, 6.45) is 69.6. The van der Waals surface area contributed by atoms with Gasteiger partial charge in [0, 0.05) is 19.3 Å². The van der Waals surface area contributed by atoms with Crippen LogP contribution in [-0.2, 0) is 28.6 Å². The van der Waals surface area contributed by atoms with E-state index in [2.05, 4.69) is 69.4 Å². The summed E-state index contributed by atoms with van der Waals surface area (Å²) in [6.45, 7) is 6.61. The molecule has 0 saturated heterocycles. The monoisotopic (exact) mass is 953 g/mol. The molecule has 0 amide bonds. The molecule has 68 heavy (non-hydrogen) atoms. The van der Waals surface area contributed by atoms with Gasteiger partial charge >= 0.3 is 17.9 Å². The van der Waals surface area contributed by atoms with Crippen LogP contribution in [0.3, 0.4) is 0 Å². The Labute approximate surface area is 422 Å². The molecule has 0 heterocycles. The van der Waals surface area contributed by atoms with Crippen LogP contribution in [0.25, 0.3) is 0 Å². The molecule has 0 N–H and O–H groups in total. The Morgan fingerprint density at radius 1 is 0.294 bits per heavy atom. The summed E-state index contributed by atoms with van der Waals surface area (Å²) in [6, 6.07) is 0. The van der Waals surface area contributed by atoms with E-state index < -0.39 is 6.10 Å². The fraction of sp³-hybridized carbons (Fsp3) is 0.823. The van der Waals surface area contributed by atoms with Gasteiger partial charge in [0.1, 0.15) is 13.2 Å². The minimum absolute atomic E-state index is 0.0763. The second-order valence-electron chi connectivity index (χ2n) is 19.9. The van der Waals surface area contributed by atoms with Gasteiger partial charge in [-0.1, -0.05) is 262 Å². The summed E-state index contributed by atoms with van der Waals surface area (Å²) in [5.74, 6) is -0.878. The first-order chi connectivity index (χ1) is 33.5. The van der Waals surface area contributed by atoms with Gasteiger partial charge < -0.3 is 14.2 Å². The van der Waals surface area contributed by atoms with E-state index in [-0.39, 0.29) is 31.1 Å². The third kappa shape index (κ3) is 54.3. The number of allylic oxidation sites excluding steroid dienone is 8. The molecule has 396 valence electrons. The Balaban J connectivity index is 4.28. The second-order valence-corrected chi connectivity index (χ2v) is 19.9. The topological polar surface area (TPSA) is 78.9 Å². The van der Waals surface area contributed by atoms with Crippen LogP contribution < -0.4 is 0 Å². The van der Waals surface area contributed by atoms with Gasteiger partial charge in [-0.15, -0.1) is 0 Å².